The number of carbonyl (C=O) groups is 1. The molecule has 1 aromatic carbocycles. The van der Waals surface area contributed by atoms with Crippen molar-refractivity contribution < 1.29 is 9.53 Å². The Labute approximate surface area is 158 Å². The highest BCUT2D eigenvalue weighted by Gasteiger charge is 2.21. The number of piperidine rings is 1. The van der Waals surface area contributed by atoms with Crippen LogP contribution in [0.15, 0.2) is 24.3 Å². The highest BCUT2D eigenvalue weighted by Crippen LogP contribution is 2.20. The molecule has 1 aliphatic rings. The van der Waals surface area contributed by atoms with Crippen molar-refractivity contribution in [3.8, 4) is 5.75 Å². The van der Waals surface area contributed by atoms with Crippen LogP contribution in [0.25, 0.3) is 0 Å². The summed E-state index contributed by atoms with van der Waals surface area (Å²) in [5.41, 5.74) is 1.09. The van der Waals surface area contributed by atoms with Crippen LogP contribution in [0.3, 0.4) is 0 Å². The van der Waals surface area contributed by atoms with E-state index >= 15 is 0 Å². The molecular weight excluding hydrogens is 338 g/mol. The van der Waals surface area contributed by atoms with Gasteiger partial charge in [-0.15, -0.1) is 12.4 Å². The highest BCUT2D eigenvalue weighted by molar-refractivity contribution is 5.85. The van der Waals surface area contributed by atoms with E-state index in [2.05, 4.69) is 10.2 Å². The van der Waals surface area contributed by atoms with E-state index in [0.717, 1.165) is 36.9 Å². The first-order valence-electron chi connectivity index (χ1n) is 8.86. The second kappa shape index (κ2) is 11.3. The molecule has 0 aliphatic carbocycles. The first-order valence-corrected chi connectivity index (χ1v) is 8.86. The summed E-state index contributed by atoms with van der Waals surface area (Å²) in [7, 11) is 5.54. The fourth-order valence-corrected chi connectivity index (χ4v) is 3.23. The van der Waals surface area contributed by atoms with Gasteiger partial charge in [-0.1, -0.05) is 12.1 Å². The van der Waals surface area contributed by atoms with Gasteiger partial charge in [-0.2, -0.15) is 0 Å². The molecule has 25 heavy (non-hydrogen) atoms. The minimum absolute atomic E-state index is 0. The maximum Gasteiger partial charge on any atom is 0.236 e. The zero-order chi connectivity index (χ0) is 17.4. The van der Waals surface area contributed by atoms with Crippen LogP contribution in [-0.2, 0) is 11.3 Å². The first kappa shape index (κ1) is 21.7. The van der Waals surface area contributed by atoms with Crippen LogP contribution in [-0.4, -0.2) is 63.1 Å². The number of methoxy groups -OCH3 is 1. The molecule has 0 unspecified atom stereocenters. The van der Waals surface area contributed by atoms with E-state index in [1.165, 1.54) is 19.3 Å². The van der Waals surface area contributed by atoms with Crippen molar-refractivity contribution in [2.75, 3.05) is 47.4 Å². The molecule has 1 N–H and O–H groups in total. The molecule has 1 heterocycles. The lowest BCUT2D eigenvalue weighted by Gasteiger charge is -2.32. The fraction of sp³-hybridized carbons (Fsp3) is 0.632. The van der Waals surface area contributed by atoms with Crippen molar-refractivity contribution in [1.29, 1.82) is 0 Å². The predicted octanol–water partition coefficient (Wildman–Crippen LogP) is 2.40. The smallest absolute Gasteiger partial charge is 0.236 e. The molecule has 1 aliphatic heterocycles. The Hall–Kier alpha value is -1.30. The van der Waals surface area contributed by atoms with E-state index in [0.29, 0.717) is 13.1 Å². The number of halogens is 1. The largest absolute Gasteiger partial charge is 0.497 e. The molecule has 1 saturated heterocycles. The summed E-state index contributed by atoms with van der Waals surface area (Å²) in [5, 5.41) is 3.22. The lowest BCUT2D eigenvalue weighted by atomic mass is 9.93. The Morgan fingerprint density at radius 1 is 1.36 bits per heavy atom. The van der Waals surface area contributed by atoms with Gasteiger partial charge in [0.1, 0.15) is 5.75 Å². The molecule has 1 fully saturated rings. The summed E-state index contributed by atoms with van der Waals surface area (Å²) in [6.45, 7) is 4.31. The third-order valence-electron chi connectivity index (χ3n) is 4.85. The number of rotatable bonds is 8. The molecule has 142 valence electrons. The minimum Gasteiger partial charge on any atom is -0.497 e. The van der Waals surface area contributed by atoms with Crippen molar-refractivity contribution in [3.63, 3.8) is 0 Å². The summed E-state index contributed by atoms with van der Waals surface area (Å²) in [6, 6.07) is 7.89. The average Bonchev–Trinajstić information content (AvgIpc) is 2.61. The fourth-order valence-electron chi connectivity index (χ4n) is 3.23. The van der Waals surface area contributed by atoms with Crippen LogP contribution in [0, 0.1) is 5.92 Å². The van der Waals surface area contributed by atoms with Gasteiger partial charge in [-0.25, -0.2) is 0 Å². The number of nitrogens with one attached hydrogen (secondary N) is 1. The number of likely N-dealkylation sites (N-methyl/N-ethyl adjacent to an activating group) is 1. The second-order valence-corrected chi connectivity index (χ2v) is 6.71. The van der Waals surface area contributed by atoms with Gasteiger partial charge >= 0.3 is 0 Å². The molecule has 6 heteroatoms. The zero-order valence-corrected chi connectivity index (χ0v) is 16.5. The molecule has 0 saturated carbocycles. The van der Waals surface area contributed by atoms with Crippen LogP contribution < -0.4 is 10.1 Å². The number of likely N-dealkylation sites (tertiary alicyclic amines) is 1. The average molecular weight is 370 g/mol. The lowest BCUT2D eigenvalue weighted by molar-refractivity contribution is -0.132. The van der Waals surface area contributed by atoms with Crippen LogP contribution >= 0.6 is 12.4 Å². The van der Waals surface area contributed by atoms with Gasteiger partial charge in [-0.05, 0) is 69.6 Å². The van der Waals surface area contributed by atoms with Crippen molar-refractivity contribution in [2.24, 2.45) is 5.92 Å². The Balaban J connectivity index is 0.00000312. The Kier molecular flexibility index (Phi) is 9.86. The van der Waals surface area contributed by atoms with Crippen molar-refractivity contribution >= 4 is 18.3 Å². The molecule has 0 atom stereocenters. The van der Waals surface area contributed by atoms with Crippen LogP contribution in [0.2, 0.25) is 0 Å². The van der Waals surface area contributed by atoms with Gasteiger partial charge in [-0.3, -0.25) is 9.69 Å². The molecule has 2 rings (SSSR count). The molecular formula is C19H32ClN3O2. The summed E-state index contributed by atoms with van der Waals surface area (Å²) in [6.07, 6.45) is 3.65. The topological polar surface area (TPSA) is 44.8 Å². The molecule has 0 aromatic heterocycles. The summed E-state index contributed by atoms with van der Waals surface area (Å²) in [5.74, 6) is 1.82. The molecule has 0 bridgehead atoms. The molecule has 5 nitrogen and oxygen atoms in total. The maximum atomic E-state index is 12.5. The number of amides is 1. The van der Waals surface area contributed by atoms with Crippen LogP contribution in [0.5, 0.6) is 5.75 Å². The summed E-state index contributed by atoms with van der Waals surface area (Å²) >= 11 is 0. The number of nitrogens with zero attached hydrogens (tertiary/aromatic N) is 2. The second-order valence-electron chi connectivity index (χ2n) is 6.71. The molecule has 1 aromatic rings. The first-order chi connectivity index (χ1) is 11.6. The SMILES string of the molecule is CNCCC1CCN(CC(=O)N(C)Cc2cccc(OC)c2)CC1.Cl. The predicted molar refractivity (Wildman–Crippen MR) is 104 cm³/mol. The van der Waals surface area contributed by atoms with Crippen molar-refractivity contribution in [1.82, 2.24) is 15.1 Å². The van der Waals surface area contributed by atoms with Crippen LogP contribution in [0.1, 0.15) is 24.8 Å². The van der Waals surface area contributed by atoms with Gasteiger partial charge in [0.2, 0.25) is 5.91 Å². The Morgan fingerprint density at radius 3 is 2.72 bits per heavy atom. The van der Waals surface area contributed by atoms with E-state index in [1.54, 1.807) is 7.11 Å². The maximum absolute atomic E-state index is 12.5. The standard InChI is InChI=1S/C19H31N3O2.ClH/c1-20-10-7-16-8-11-22(12-9-16)15-19(23)21(2)14-17-5-4-6-18(13-17)24-3;/h4-6,13,16,20H,7-12,14-15H2,1-3H3;1H. The highest BCUT2D eigenvalue weighted by atomic mass is 35.5. The Bertz CT molecular complexity index is 519. The number of ether oxygens (including phenoxy) is 1. The van der Waals surface area contributed by atoms with E-state index in [1.807, 2.05) is 43.3 Å². The molecule has 0 spiro atoms. The monoisotopic (exact) mass is 369 g/mol. The third kappa shape index (κ3) is 7.22. The normalized spacial score (nSPS) is 15.5. The molecule has 1 amide bonds. The van der Waals surface area contributed by atoms with Gasteiger partial charge in [0, 0.05) is 13.6 Å². The van der Waals surface area contributed by atoms with Crippen LogP contribution in [0.4, 0.5) is 0 Å². The minimum atomic E-state index is 0. The number of hydrogen-bond donors (Lipinski definition) is 1. The number of hydrogen-bond acceptors (Lipinski definition) is 4. The van der Waals surface area contributed by atoms with E-state index in [9.17, 15) is 4.79 Å². The van der Waals surface area contributed by atoms with Crippen molar-refractivity contribution in [3.05, 3.63) is 29.8 Å². The van der Waals surface area contributed by atoms with E-state index in [-0.39, 0.29) is 18.3 Å². The van der Waals surface area contributed by atoms with Gasteiger partial charge < -0.3 is 15.0 Å². The quantitative estimate of drug-likeness (QED) is 0.764. The molecule has 0 radical (unpaired) electrons. The van der Waals surface area contributed by atoms with Gasteiger partial charge in [0.05, 0.1) is 13.7 Å². The number of benzene rings is 1. The number of carbonyl (C=O) groups excluding carboxylic acids is 1. The lowest BCUT2D eigenvalue weighted by Crippen LogP contribution is -2.42. The van der Waals surface area contributed by atoms with Crippen molar-refractivity contribution in [2.45, 2.75) is 25.8 Å². The van der Waals surface area contributed by atoms with E-state index in [4.69, 9.17) is 4.74 Å². The van der Waals surface area contributed by atoms with Gasteiger partial charge in [0.15, 0.2) is 0 Å². The van der Waals surface area contributed by atoms with E-state index < -0.39 is 0 Å². The zero-order valence-electron chi connectivity index (χ0n) is 15.7. The Morgan fingerprint density at radius 2 is 2.08 bits per heavy atom. The summed E-state index contributed by atoms with van der Waals surface area (Å²) in [4.78, 5) is 16.6. The summed E-state index contributed by atoms with van der Waals surface area (Å²) < 4.78 is 5.24. The van der Waals surface area contributed by atoms with Gasteiger partial charge in [0.25, 0.3) is 0 Å². The third-order valence-corrected chi connectivity index (χ3v) is 4.85.